The molecule has 0 aromatic heterocycles. The minimum atomic E-state index is -1.02. The smallest absolute Gasteiger partial charge is 0.375 e. The number of para-hydroxylation sites is 1. The Bertz CT molecular complexity index is 1060. The number of hydrogen-bond acceptors (Lipinski definition) is 5. The molecule has 1 aliphatic rings. The molecule has 1 unspecified atom stereocenters. The van der Waals surface area contributed by atoms with E-state index in [4.69, 9.17) is 9.47 Å². The van der Waals surface area contributed by atoms with Gasteiger partial charge < -0.3 is 9.47 Å². The third-order valence-electron chi connectivity index (χ3n) is 4.74. The number of ketones is 1. The van der Waals surface area contributed by atoms with Gasteiger partial charge in [-0.15, -0.1) is 0 Å². The third-order valence-corrected chi connectivity index (χ3v) is 4.74. The maximum absolute atomic E-state index is 13.4. The van der Waals surface area contributed by atoms with Gasteiger partial charge in [-0.1, -0.05) is 78.9 Å². The van der Waals surface area contributed by atoms with E-state index in [1.54, 1.807) is 36.1 Å². The molecular weight excluding hydrogens is 378 g/mol. The fraction of sp³-hybridized carbons (Fsp3) is 0.120. The number of benzene rings is 3. The molecule has 30 heavy (non-hydrogen) atoms. The number of carbonyl (C=O) groups excluding carboxylic acids is 2. The van der Waals surface area contributed by atoms with Crippen LogP contribution in [0.2, 0.25) is 0 Å². The number of hydrogen-bond donors (Lipinski definition) is 0. The molecule has 5 heteroatoms. The molecule has 150 valence electrons. The summed E-state index contributed by atoms with van der Waals surface area (Å²) in [7, 11) is 0. The van der Waals surface area contributed by atoms with Crippen LogP contribution in [0.25, 0.3) is 5.70 Å². The lowest BCUT2D eigenvalue weighted by atomic mass is 10.1. The number of Topliss-reactive ketones (excluding diaryl/α,β-unsaturated/α-hetero) is 1. The van der Waals surface area contributed by atoms with Crippen molar-refractivity contribution in [2.75, 3.05) is 11.5 Å². The summed E-state index contributed by atoms with van der Waals surface area (Å²) < 4.78 is 11.2. The maximum Gasteiger partial charge on any atom is 0.375 e. The first-order valence-corrected chi connectivity index (χ1v) is 9.77. The Labute approximate surface area is 175 Å². The van der Waals surface area contributed by atoms with Gasteiger partial charge >= 0.3 is 5.97 Å². The van der Waals surface area contributed by atoms with E-state index in [-0.39, 0.29) is 18.1 Å². The predicted molar refractivity (Wildman–Crippen MR) is 115 cm³/mol. The molecule has 0 saturated carbocycles. The van der Waals surface area contributed by atoms with Crippen LogP contribution in [0.3, 0.4) is 0 Å². The van der Waals surface area contributed by atoms with Crippen molar-refractivity contribution >= 4 is 23.1 Å². The fourth-order valence-corrected chi connectivity index (χ4v) is 3.42. The molecule has 5 nitrogen and oxygen atoms in total. The van der Waals surface area contributed by atoms with Crippen molar-refractivity contribution in [1.82, 2.24) is 0 Å². The van der Waals surface area contributed by atoms with Crippen LogP contribution in [0.4, 0.5) is 5.69 Å². The normalized spacial score (nSPS) is 15.6. The third kappa shape index (κ3) is 3.70. The topological polar surface area (TPSA) is 55.8 Å². The number of esters is 1. The zero-order chi connectivity index (χ0) is 20.9. The van der Waals surface area contributed by atoms with Crippen LogP contribution >= 0.6 is 0 Å². The van der Waals surface area contributed by atoms with Gasteiger partial charge in [-0.25, -0.2) is 4.79 Å². The summed E-state index contributed by atoms with van der Waals surface area (Å²) in [6.07, 6.45) is -1.02. The average molecular weight is 399 g/mol. The van der Waals surface area contributed by atoms with Gasteiger partial charge in [0, 0.05) is 16.8 Å². The Morgan fingerprint density at radius 3 is 2.03 bits per heavy atom. The molecule has 0 bridgehead atoms. The summed E-state index contributed by atoms with van der Waals surface area (Å²) in [5.41, 5.74) is 2.51. The molecule has 1 heterocycles. The van der Waals surface area contributed by atoms with Crippen molar-refractivity contribution in [3.05, 3.63) is 108 Å². The predicted octanol–water partition coefficient (Wildman–Crippen LogP) is 4.66. The van der Waals surface area contributed by atoms with E-state index in [0.29, 0.717) is 11.3 Å². The first-order chi connectivity index (χ1) is 14.7. The Hall–Kier alpha value is -3.86. The van der Waals surface area contributed by atoms with Gasteiger partial charge in [0.2, 0.25) is 17.8 Å². The Balaban J connectivity index is 1.87. The summed E-state index contributed by atoms with van der Waals surface area (Å²) in [4.78, 5) is 27.9. The molecular formula is C25H21NO4. The summed E-state index contributed by atoms with van der Waals surface area (Å²) >= 11 is 0. The molecule has 0 saturated heterocycles. The van der Waals surface area contributed by atoms with Crippen LogP contribution in [0, 0.1) is 0 Å². The van der Waals surface area contributed by atoms with E-state index < -0.39 is 12.2 Å². The fourth-order valence-electron chi connectivity index (χ4n) is 3.42. The van der Waals surface area contributed by atoms with Crippen LogP contribution in [0.15, 0.2) is 96.8 Å². The van der Waals surface area contributed by atoms with Crippen molar-refractivity contribution in [2.24, 2.45) is 0 Å². The van der Waals surface area contributed by atoms with E-state index in [9.17, 15) is 9.59 Å². The van der Waals surface area contributed by atoms with Gasteiger partial charge in [0.1, 0.15) is 5.70 Å². The Kier molecular flexibility index (Phi) is 5.61. The maximum atomic E-state index is 13.4. The highest BCUT2D eigenvalue weighted by Crippen LogP contribution is 2.39. The van der Waals surface area contributed by atoms with Crippen LogP contribution < -0.4 is 4.90 Å². The lowest BCUT2D eigenvalue weighted by Gasteiger charge is -2.26. The van der Waals surface area contributed by atoms with Crippen LogP contribution in [-0.2, 0) is 14.3 Å². The number of ether oxygens (including phenoxy) is 2. The summed E-state index contributed by atoms with van der Waals surface area (Å²) in [5.74, 6) is -0.811. The van der Waals surface area contributed by atoms with E-state index in [0.717, 1.165) is 11.3 Å². The number of nitrogens with zero attached hydrogens (tertiary/aromatic N) is 1. The van der Waals surface area contributed by atoms with E-state index in [2.05, 4.69) is 0 Å². The second-order valence-electron chi connectivity index (χ2n) is 6.67. The lowest BCUT2D eigenvalue weighted by Crippen LogP contribution is -2.37. The van der Waals surface area contributed by atoms with Gasteiger partial charge in [0.05, 0.1) is 6.61 Å². The second-order valence-corrected chi connectivity index (χ2v) is 6.67. The van der Waals surface area contributed by atoms with Crippen molar-refractivity contribution in [3.63, 3.8) is 0 Å². The second kappa shape index (κ2) is 8.66. The molecule has 0 fully saturated rings. The van der Waals surface area contributed by atoms with Crippen molar-refractivity contribution in [2.45, 2.75) is 13.2 Å². The molecule has 1 aliphatic heterocycles. The molecule has 3 aromatic rings. The number of anilines is 1. The van der Waals surface area contributed by atoms with Crippen LogP contribution in [0.1, 0.15) is 22.8 Å². The highest BCUT2D eigenvalue weighted by Gasteiger charge is 2.43. The molecule has 0 spiro atoms. The highest BCUT2D eigenvalue weighted by molar-refractivity contribution is 6.09. The molecule has 0 amide bonds. The number of rotatable bonds is 6. The Morgan fingerprint density at radius 2 is 1.43 bits per heavy atom. The summed E-state index contributed by atoms with van der Waals surface area (Å²) in [5, 5.41) is 0. The van der Waals surface area contributed by atoms with E-state index in [1.165, 1.54) is 0 Å². The van der Waals surface area contributed by atoms with Gasteiger partial charge in [0.15, 0.2) is 0 Å². The standard InChI is InChI=1S/C25H21NO4/c1-2-29-25(28)23-21(18-12-6-3-7-13-18)26(20-16-10-5-11-17-20)24(30-23)22(27)19-14-8-4-9-15-19/h3-17,24H,2H2,1H3. The Morgan fingerprint density at radius 1 is 0.867 bits per heavy atom. The monoisotopic (exact) mass is 399 g/mol. The first-order valence-electron chi connectivity index (χ1n) is 9.77. The van der Waals surface area contributed by atoms with Crippen molar-refractivity contribution in [3.8, 4) is 0 Å². The van der Waals surface area contributed by atoms with Gasteiger partial charge in [0.25, 0.3) is 0 Å². The first kappa shape index (κ1) is 19.5. The quantitative estimate of drug-likeness (QED) is 0.446. The minimum Gasteiger partial charge on any atom is -0.460 e. The summed E-state index contributed by atoms with van der Waals surface area (Å²) in [6.45, 7) is 1.94. The molecule has 0 radical (unpaired) electrons. The molecule has 0 N–H and O–H groups in total. The molecule has 1 atom stereocenters. The van der Waals surface area contributed by atoms with Crippen molar-refractivity contribution < 1.29 is 19.1 Å². The SMILES string of the molecule is CCOC(=O)C1=C(c2ccccc2)N(c2ccccc2)C(C(=O)c2ccccc2)O1. The zero-order valence-corrected chi connectivity index (χ0v) is 16.5. The van der Waals surface area contributed by atoms with Crippen molar-refractivity contribution in [1.29, 1.82) is 0 Å². The summed E-state index contributed by atoms with van der Waals surface area (Å²) in [6, 6.07) is 27.7. The molecule has 4 rings (SSSR count). The lowest BCUT2D eigenvalue weighted by molar-refractivity contribution is -0.142. The van der Waals surface area contributed by atoms with Crippen LogP contribution in [0.5, 0.6) is 0 Å². The zero-order valence-electron chi connectivity index (χ0n) is 16.5. The highest BCUT2D eigenvalue weighted by atomic mass is 16.6. The number of carbonyl (C=O) groups is 2. The van der Waals surface area contributed by atoms with Crippen LogP contribution in [-0.4, -0.2) is 24.6 Å². The minimum absolute atomic E-state index is 0.0289. The average Bonchev–Trinajstić information content (AvgIpc) is 3.21. The van der Waals surface area contributed by atoms with E-state index in [1.807, 2.05) is 66.7 Å². The van der Waals surface area contributed by atoms with Gasteiger partial charge in [-0.3, -0.25) is 9.69 Å². The van der Waals surface area contributed by atoms with Gasteiger partial charge in [-0.05, 0) is 19.1 Å². The largest absolute Gasteiger partial charge is 0.460 e. The van der Waals surface area contributed by atoms with Gasteiger partial charge in [-0.2, -0.15) is 0 Å². The molecule has 0 aliphatic carbocycles. The molecule has 3 aromatic carbocycles. The van der Waals surface area contributed by atoms with E-state index >= 15 is 0 Å².